The van der Waals surface area contributed by atoms with Crippen LogP contribution in [0, 0.1) is 0 Å². The number of ether oxygens (including phenoxy) is 3. The summed E-state index contributed by atoms with van der Waals surface area (Å²) < 4.78 is 17.3. The Balaban J connectivity index is 1.51. The summed E-state index contributed by atoms with van der Waals surface area (Å²) in [6.07, 6.45) is 5.64. The van der Waals surface area contributed by atoms with Gasteiger partial charge in [-0.2, -0.15) is 0 Å². The second-order valence-corrected chi connectivity index (χ2v) is 7.36. The Morgan fingerprint density at radius 1 is 1.22 bits per heavy atom. The zero-order valence-corrected chi connectivity index (χ0v) is 16.2. The van der Waals surface area contributed by atoms with Crippen LogP contribution in [0.25, 0.3) is 0 Å². The van der Waals surface area contributed by atoms with E-state index in [1.165, 1.54) is 0 Å². The monoisotopic (exact) mass is 376 g/mol. The van der Waals surface area contributed by atoms with Crippen LogP contribution >= 0.6 is 0 Å². The number of morpholine rings is 1. The Labute approximate surface area is 161 Å². The summed E-state index contributed by atoms with van der Waals surface area (Å²) >= 11 is 0. The van der Waals surface area contributed by atoms with Crippen molar-refractivity contribution in [1.29, 1.82) is 0 Å². The van der Waals surface area contributed by atoms with Gasteiger partial charge in [0, 0.05) is 19.0 Å². The van der Waals surface area contributed by atoms with Crippen LogP contribution in [0.3, 0.4) is 0 Å². The van der Waals surface area contributed by atoms with E-state index >= 15 is 0 Å². The van der Waals surface area contributed by atoms with Crippen molar-refractivity contribution in [2.45, 2.75) is 63.6 Å². The number of benzene rings is 1. The average molecular weight is 376 g/mol. The molecular weight excluding hydrogens is 344 g/mol. The van der Waals surface area contributed by atoms with Crippen molar-refractivity contribution >= 4 is 5.91 Å². The zero-order chi connectivity index (χ0) is 18.9. The van der Waals surface area contributed by atoms with Gasteiger partial charge >= 0.3 is 0 Å². The Kier molecular flexibility index (Phi) is 7.78. The summed E-state index contributed by atoms with van der Waals surface area (Å²) in [6.45, 7) is 4.94. The molecule has 2 fully saturated rings. The van der Waals surface area contributed by atoms with Gasteiger partial charge in [-0.05, 0) is 49.9 Å². The van der Waals surface area contributed by atoms with Crippen molar-refractivity contribution in [3.05, 3.63) is 24.3 Å². The van der Waals surface area contributed by atoms with Gasteiger partial charge in [-0.1, -0.05) is 13.3 Å². The van der Waals surface area contributed by atoms with Gasteiger partial charge in [0.25, 0.3) is 0 Å². The molecule has 2 N–H and O–H groups in total. The van der Waals surface area contributed by atoms with Crippen molar-refractivity contribution < 1.29 is 19.0 Å². The van der Waals surface area contributed by atoms with E-state index in [-0.39, 0.29) is 24.1 Å². The number of hydrogen-bond acceptors (Lipinski definition) is 5. The SMILES string of the molecule is CCCOc1ccc(OC2CCCCC2NC(=O)CC2COCCN2)cc1. The maximum absolute atomic E-state index is 12.4. The van der Waals surface area contributed by atoms with Crippen LogP contribution in [-0.2, 0) is 9.53 Å². The van der Waals surface area contributed by atoms with E-state index in [0.29, 0.717) is 13.0 Å². The minimum absolute atomic E-state index is 0.0145. The Morgan fingerprint density at radius 3 is 2.74 bits per heavy atom. The molecule has 150 valence electrons. The summed E-state index contributed by atoms with van der Waals surface area (Å²) in [5.41, 5.74) is 0. The third kappa shape index (κ3) is 6.40. The van der Waals surface area contributed by atoms with E-state index in [0.717, 1.165) is 63.4 Å². The molecule has 1 saturated carbocycles. The van der Waals surface area contributed by atoms with Crippen molar-refractivity contribution in [1.82, 2.24) is 10.6 Å². The topological polar surface area (TPSA) is 68.8 Å². The number of hydrogen-bond donors (Lipinski definition) is 2. The summed E-state index contributed by atoms with van der Waals surface area (Å²) in [7, 11) is 0. The van der Waals surface area contributed by atoms with E-state index in [9.17, 15) is 4.79 Å². The first-order valence-electron chi connectivity index (χ1n) is 10.2. The first-order chi connectivity index (χ1) is 13.2. The van der Waals surface area contributed by atoms with Crippen molar-refractivity contribution in [3.63, 3.8) is 0 Å². The molecule has 1 heterocycles. The molecule has 1 aliphatic heterocycles. The third-order valence-electron chi connectivity index (χ3n) is 5.06. The maximum Gasteiger partial charge on any atom is 0.222 e. The molecule has 1 aromatic rings. The van der Waals surface area contributed by atoms with Gasteiger partial charge < -0.3 is 24.8 Å². The Hall–Kier alpha value is -1.79. The maximum atomic E-state index is 12.4. The first-order valence-corrected chi connectivity index (χ1v) is 10.2. The molecule has 3 atom stereocenters. The molecule has 1 saturated heterocycles. The van der Waals surface area contributed by atoms with Gasteiger partial charge in [0.2, 0.25) is 5.91 Å². The summed E-state index contributed by atoms with van der Waals surface area (Å²) in [6, 6.07) is 7.94. The minimum atomic E-state index is 0.0145. The van der Waals surface area contributed by atoms with Gasteiger partial charge in [-0.15, -0.1) is 0 Å². The van der Waals surface area contributed by atoms with E-state index < -0.39 is 0 Å². The lowest BCUT2D eigenvalue weighted by Crippen LogP contribution is -2.50. The molecule has 6 nitrogen and oxygen atoms in total. The molecule has 0 bridgehead atoms. The van der Waals surface area contributed by atoms with E-state index in [1.807, 2.05) is 24.3 Å². The summed E-state index contributed by atoms with van der Waals surface area (Å²) in [4.78, 5) is 12.4. The number of amides is 1. The van der Waals surface area contributed by atoms with Crippen LogP contribution in [0.4, 0.5) is 0 Å². The highest BCUT2D eigenvalue weighted by Crippen LogP contribution is 2.25. The minimum Gasteiger partial charge on any atom is -0.494 e. The van der Waals surface area contributed by atoms with Crippen LogP contribution in [-0.4, -0.2) is 50.5 Å². The molecule has 0 radical (unpaired) electrons. The fraction of sp³-hybridized carbons (Fsp3) is 0.667. The molecule has 6 heteroatoms. The lowest BCUT2D eigenvalue weighted by molar-refractivity contribution is -0.124. The summed E-state index contributed by atoms with van der Waals surface area (Å²) in [5, 5.41) is 6.52. The lowest BCUT2D eigenvalue weighted by atomic mass is 9.92. The molecule has 3 unspecified atom stereocenters. The molecule has 27 heavy (non-hydrogen) atoms. The van der Waals surface area contributed by atoms with Crippen molar-refractivity contribution in [2.24, 2.45) is 0 Å². The molecular formula is C21H32N2O4. The number of carbonyl (C=O) groups is 1. The molecule has 0 spiro atoms. The zero-order valence-electron chi connectivity index (χ0n) is 16.2. The molecule has 1 aliphatic carbocycles. The van der Waals surface area contributed by atoms with E-state index in [1.54, 1.807) is 0 Å². The quantitative estimate of drug-likeness (QED) is 0.730. The largest absolute Gasteiger partial charge is 0.494 e. The fourth-order valence-electron chi connectivity index (χ4n) is 3.65. The normalized spacial score (nSPS) is 25.6. The lowest BCUT2D eigenvalue weighted by Gasteiger charge is -2.33. The highest BCUT2D eigenvalue weighted by molar-refractivity contribution is 5.77. The second kappa shape index (κ2) is 10.5. The van der Waals surface area contributed by atoms with Crippen molar-refractivity contribution in [3.8, 4) is 11.5 Å². The van der Waals surface area contributed by atoms with E-state index in [2.05, 4.69) is 17.6 Å². The Bertz CT molecular complexity index is 572. The molecule has 1 amide bonds. The molecule has 1 aromatic carbocycles. The fourth-order valence-corrected chi connectivity index (χ4v) is 3.65. The number of nitrogens with one attached hydrogen (secondary N) is 2. The third-order valence-corrected chi connectivity index (χ3v) is 5.06. The van der Waals surface area contributed by atoms with Gasteiger partial charge in [0.15, 0.2) is 0 Å². The standard InChI is InChI=1S/C21H32N2O4/c1-2-12-26-17-7-9-18(10-8-17)27-20-6-4-3-5-19(20)23-21(24)14-16-15-25-13-11-22-16/h7-10,16,19-20,22H,2-6,11-15H2,1H3,(H,23,24). The van der Waals surface area contributed by atoms with Crippen molar-refractivity contribution in [2.75, 3.05) is 26.4 Å². The van der Waals surface area contributed by atoms with Crippen LogP contribution < -0.4 is 20.1 Å². The highest BCUT2D eigenvalue weighted by atomic mass is 16.5. The smallest absolute Gasteiger partial charge is 0.222 e. The van der Waals surface area contributed by atoms with Crippen LogP contribution in [0.1, 0.15) is 45.4 Å². The number of rotatable bonds is 8. The van der Waals surface area contributed by atoms with Gasteiger partial charge in [-0.3, -0.25) is 4.79 Å². The predicted octanol–water partition coefficient (Wildman–Crippen LogP) is 2.66. The second-order valence-electron chi connectivity index (χ2n) is 7.36. The van der Waals surface area contributed by atoms with Gasteiger partial charge in [0.1, 0.15) is 17.6 Å². The Morgan fingerprint density at radius 2 is 2.00 bits per heavy atom. The molecule has 2 aliphatic rings. The van der Waals surface area contributed by atoms with E-state index in [4.69, 9.17) is 14.2 Å². The van der Waals surface area contributed by atoms with Crippen LogP contribution in [0.2, 0.25) is 0 Å². The van der Waals surface area contributed by atoms with Crippen LogP contribution in [0.5, 0.6) is 11.5 Å². The molecule has 3 rings (SSSR count). The highest BCUT2D eigenvalue weighted by Gasteiger charge is 2.29. The molecule has 0 aromatic heterocycles. The number of carbonyl (C=O) groups excluding carboxylic acids is 1. The van der Waals surface area contributed by atoms with Gasteiger partial charge in [0.05, 0.1) is 25.9 Å². The predicted molar refractivity (Wildman–Crippen MR) is 104 cm³/mol. The summed E-state index contributed by atoms with van der Waals surface area (Å²) in [5.74, 6) is 1.76. The first kappa shape index (κ1) is 20.0. The van der Waals surface area contributed by atoms with Gasteiger partial charge in [-0.25, -0.2) is 0 Å². The average Bonchev–Trinajstić information content (AvgIpc) is 2.70. The van der Waals surface area contributed by atoms with Crippen LogP contribution in [0.15, 0.2) is 24.3 Å².